The quantitative estimate of drug-likeness (QED) is 0.710. The predicted octanol–water partition coefficient (Wildman–Crippen LogP) is 1.11. The maximum absolute atomic E-state index is 12.5. The van der Waals surface area contributed by atoms with E-state index in [0.717, 1.165) is 19.3 Å². The molecule has 0 heterocycles. The van der Waals surface area contributed by atoms with Gasteiger partial charge in [-0.1, -0.05) is 6.42 Å². The number of nitrogens with two attached hydrogens (primary N) is 1. The number of rotatable bonds is 8. The molecule has 1 fully saturated rings. The van der Waals surface area contributed by atoms with Crippen molar-refractivity contribution in [3.05, 3.63) is 18.2 Å². The summed E-state index contributed by atoms with van der Waals surface area (Å²) in [5.41, 5.74) is 5.70. The molecule has 0 bridgehead atoms. The summed E-state index contributed by atoms with van der Waals surface area (Å²) in [4.78, 5) is 12.2. The standard InChI is InChI=1S/C17H26N2O5S/c1-23-15-7-6-13(10-16(15)24-2)25(21,22)9-8-17(20)19-14-5-3-4-12(14)11-18/h6-7,10,12,14H,3-5,8-9,11,18H2,1-2H3,(H,19,20). The van der Waals surface area contributed by atoms with Gasteiger partial charge in [-0.2, -0.15) is 0 Å². The lowest BCUT2D eigenvalue weighted by Crippen LogP contribution is -2.40. The van der Waals surface area contributed by atoms with Gasteiger partial charge in [0.15, 0.2) is 21.3 Å². The van der Waals surface area contributed by atoms with E-state index in [4.69, 9.17) is 15.2 Å². The van der Waals surface area contributed by atoms with Gasteiger partial charge in [-0.05, 0) is 37.4 Å². The summed E-state index contributed by atoms with van der Waals surface area (Å²) >= 11 is 0. The first kappa shape index (κ1) is 19.5. The smallest absolute Gasteiger partial charge is 0.221 e. The molecule has 8 heteroatoms. The van der Waals surface area contributed by atoms with Crippen LogP contribution in [0.1, 0.15) is 25.7 Å². The van der Waals surface area contributed by atoms with Gasteiger partial charge in [0.25, 0.3) is 0 Å². The van der Waals surface area contributed by atoms with Crippen molar-refractivity contribution in [2.24, 2.45) is 11.7 Å². The Kier molecular flexibility index (Phi) is 6.66. The minimum atomic E-state index is -3.59. The second-order valence-corrected chi connectivity index (χ2v) is 8.30. The maximum atomic E-state index is 12.5. The highest BCUT2D eigenvalue weighted by atomic mass is 32.2. The summed E-state index contributed by atoms with van der Waals surface area (Å²) in [7, 11) is -0.665. The highest BCUT2D eigenvalue weighted by Gasteiger charge is 2.28. The summed E-state index contributed by atoms with van der Waals surface area (Å²) in [5, 5.41) is 2.92. The van der Waals surface area contributed by atoms with Crippen LogP contribution in [0, 0.1) is 5.92 Å². The highest BCUT2D eigenvalue weighted by Crippen LogP contribution is 2.30. The van der Waals surface area contributed by atoms with Crippen LogP contribution in [0.25, 0.3) is 0 Å². The molecule has 2 rings (SSSR count). The summed E-state index contributed by atoms with van der Waals surface area (Å²) in [6.07, 6.45) is 2.86. The maximum Gasteiger partial charge on any atom is 0.221 e. The molecule has 1 aliphatic rings. The monoisotopic (exact) mass is 370 g/mol. The first-order valence-corrected chi connectivity index (χ1v) is 10.0. The minimum Gasteiger partial charge on any atom is -0.493 e. The number of nitrogens with one attached hydrogen (secondary N) is 1. The molecule has 140 valence electrons. The van der Waals surface area contributed by atoms with E-state index in [2.05, 4.69) is 5.32 Å². The highest BCUT2D eigenvalue weighted by molar-refractivity contribution is 7.91. The van der Waals surface area contributed by atoms with Crippen LogP contribution in [0.5, 0.6) is 11.5 Å². The zero-order valence-corrected chi connectivity index (χ0v) is 15.5. The SMILES string of the molecule is COc1ccc(S(=O)(=O)CCC(=O)NC2CCCC2CN)cc1OC. The summed E-state index contributed by atoms with van der Waals surface area (Å²) in [5.74, 6) is 0.563. The average Bonchev–Trinajstić information content (AvgIpc) is 3.06. The Balaban J connectivity index is 1.98. The van der Waals surface area contributed by atoms with Crippen LogP contribution in [-0.2, 0) is 14.6 Å². The molecular formula is C17H26N2O5S. The van der Waals surface area contributed by atoms with Crippen molar-refractivity contribution in [1.29, 1.82) is 0 Å². The number of sulfone groups is 1. The van der Waals surface area contributed by atoms with Crippen LogP contribution in [0.15, 0.2) is 23.1 Å². The zero-order chi connectivity index (χ0) is 18.4. The topological polar surface area (TPSA) is 108 Å². The van der Waals surface area contributed by atoms with Gasteiger partial charge in [-0.25, -0.2) is 8.42 Å². The lowest BCUT2D eigenvalue weighted by molar-refractivity contribution is -0.121. The minimum absolute atomic E-state index is 0.0567. The molecule has 0 spiro atoms. The van der Waals surface area contributed by atoms with Crippen LogP contribution in [0.3, 0.4) is 0 Å². The van der Waals surface area contributed by atoms with Crippen LogP contribution >= 0.6 is 0 Å². The molecule has 2 unspecified atom stereocenters. The molecule has 7 nitrogen and oxygen atoms in total. The molecule has 0 aromatic heterocycles. The Morgan fingerprint density at radius 2 is 1.96 bits per heavy atom. The van der Waals surface area contributed by atoms with E-state index in [0.29, 0.717) is 18.0 Å². The third kappa shape index (κ3) is 4.85. The number of amides is 1. The van der Waals surface area contributed by atoms with Gasteiger partial charge in [0, 0.05) is 18.5 Å². The van der Waals surface area contributed by atoms with Gasteiger partial charge >= 0.3 is 0 Å². The fourth-order valence-electron chi connectivity index (χ4n) is 3.14. The average molecular weight is 370 g/mol. The number of methoxy groups -OCH3 is 2. The molecular weight excluding hydrogens is 344 g/mol. The van der Waals surface area contributed by atoms with Crippen molar-refractivity contribution in [2.75, 3.05) is 26.5 Å². The number of carbonyl (C=O) groups excluding carboxylic acids is 1. The molecule has 1 aromatic rings. The van der Waals surface area contributed by atoms with Crippen molar-refractivity contribution >= 4 is 15.7 Å². The van der Waals surface area contributed by atoms with E-state index < -0.39 is 9.84 Å². The van der Waals surface area contributed by atoms with E-state index in [1.807, 2.05) is 0 Å². The Morgan fingerprint density at radius 3 is 2.60 bits per heavy atom. The van der Waals surface area contributed by atoms with E-state index in [1.165, 1.54) is 32.4 Å². The van der Waals surface area contributed by atoms with Crippen molar-refractivity contribution in [2.45, 2.75) is 36.6 Å². The molecule has 0 radical (unpaired) electrons. The van der Waals surface area contributed by atoms with Gasteiger partial charge in [0.1, 0.15) is 0 Å². The third-order valence-corrected chi connectivity index (χ3v) is 6.33. The largest absolute Gasteiger partial charge is 0.493 e. The van der Waals surface area contributed by atoms with Crippen LogP contribution in [0.2, 0.25) is 0 Å². The summed E-state index contributed by atoms with van der Waals surface area (Å²) in [6, 6.07) is 4.46. The molecule has 1 amide bonds. The molecule has 1 aromatic carbocycles. The molecule has 2 atom stereocenters. The van der Waals surface area contributed by atoms with Crippen molar-refractivity contribution in [3.63, 3.8) is 0 Å². The fraction of sp³-hybridized carbons (Fsp3) is 0.588. The predicted molar refractivity (Wildman–Crippen MR) is 94.5 cm³/mol. The van der Waals surface area contributed by atoms with E-state index in [1.54, 1.807) is 0 Å². The number of carbonyl (C=O) groups is 1. The first-order chi connectivity index (χ1) is 11.9. The number of hydrogen-bond donors (Lipinski definition) is 2. The van der Waals surface area contributed by atoms with Crippen LogP contribution in [0.4, 0.5) is 0 Å². The van der Waals surface area contributed by atoms with Crippen molar-refractivity contribution in [1.82, 2.24) is 5.32 Å². The second-order valence-electron chi connectivity index (χ2n) is 6.19. The Labute approximate surface area is 148 Å². The van der Waals surface area contributed by atoms with Gasteiger partial charge in [-0.3, -0.25) is 4.79 Å². The molecule has 25 heavy (non-hydrogen) atoms. The first-order valence-electron chi connectivity index (χ1n) is 8.35. The molecule has 0 aliphatic heterocycles. The van der Waals surface area contributed by atoms with Gasteiger partial charge in [0.2, 0.25) is 5.91 Å². The Bertz CT molecular complexity index is 705. The van der Waals surface area contributed by atoms with Crippen molar-refractivity contribution in [3.8, 4) is 11.5 Å². The molecule has 0 saturated heterocycles. The normalized spacial score (nSPS) is 20.3. The summed E-state index contributed by atoms with van der Waals surface area (Å²) < 4.78 is 35.2. The Morgan fingerprint density at radius 1 is 1.24 bits per heavy atom. The second kappa shape index (κ2) is 8.53. The number of ether oxygens (including phenoxy) is 2. The summed E-state index contributed by atoms with van der Waals surface area (Å²) in [6.45, 7) is 0.537. The lowest BCUT2D eigenvalue weighted by atomic mass is 10.0. The van der Waals surface area contributed by atoms with Crippen LogP contribution in [-0.4, -0.2) is 46.9 Å². The van der Waals surface area contributed by atoms with Gasteiger partial charge in [-0.15, -0.1) is 0 Å². The van der Waals surface area contributed by atoms with E-state index in [9.17, 15) is 13.2 Å². The lowest BCUT2D eigenvalue weighted by Gasteiger charge is -2.19. The molecule has 1 aliphatic carbocycles. The Hall–Kier alpha value is -1.80. The third-order valence-electron chi connectivity index (χ3n) is 4.62. The number of hydrogen-bond acceptors (Lipinski definition) is 6. The number of benzene rings is 1. The van der Waals surface area contributed by atoms with Gasteiger partial charge in [0.05, 0.1) is 24.9 Å². The van der Waals surface area contributed by atoms with Crippen molar-refractivity contribution < 1.29 is 22.7 Å². The van der Waals surface area contributed by atoms with Crippen LogP contribution < -0.4 is 20.5 Å². The molecule has 3 N–H and O–H groups in total. The fourth-order valence-corrected chi connectivity index (χ4v) is 4.39. The molecule has 1 saturated carbocycles. The van der Waals surface area contributed by atoms with Gasteiger partial charge < -0.3 is 20.5 Å². The van der Waals surface area contributed by atoms with E-state index in [-0.39, 0.29) is 34.9 Å². The van der Waals surface area contributed by atoms with E-state index >= 15 is 0 Å². The zero-order valence-electron chi connectivity index (χ0n) is 14.7.